The van der Waals surface area contributed by atoms with Gasteiger partial charge in [0.2, 0.25) is 0 Å². The Morgan fingerprint density at radius 1 is 1.29 bits per heavy atom. The van der Waals surface area contributed by atoms with Gasteiger partial charge >= 0.3 is 0 Å². The van der Waals surface area contributed by atoms with Gasteiger partial charge in [-0.3, -0.25) is 9.59 Å². The van der Waals surface area contributed by atoms with Crippen LogP contribution in [0.2, 0.25) is 0 Å². The molecule has 0 amide bonds. The van der Waals surface area contributed by atoms with E-state index >= 15 is 0 Å². The zero-order valence-electron chi connectivity index (χ0n) is 9.59. The quantitative estimate of drug-likeness (QED) is 0.372. The lowest BCUT2D eigenvalue weighted by molar-refractivity contribution is -0.120. The number of carbonyl (C=O) groups excluding carboxylic acids is 2. The Morgan fingerprint density at radius 2 is 1.86 bits per heavy atom. The van der Waals surface area contributed by atoms with Crippen molar-refractivity contribution in [3.8, 4) is 0 Å². The van der Waals surface area contributed by atoms with E-state index in [0.717, 1.165) is 12.8 Å². The van der Waals surface area contributed by atoms with Crippen LogP contribution in [0.15, 0.2) is 11.6 Å². The van der Waals surface area contributed by atoms with Crippen molar-refractivity contribution in [3.63, 3.8) is 0 Å². The summed E-state index contributed by atoms with van der Waals surface area (Å²) < 4.78 is 0. The summed E-state index contributed by atoms with van der Waals surface area (Å²) >= 11 is 0. The van der Waals surface area contributed by atoms with E-state index in [-0.39, 0.29) is 17.5 Å². The van der Waals surface area contributed by atoms with Crippen molar-refractivity contribution in [1.82, 2.24) is 0 Å². The van der Waals surface area contributed by atoms with Gasteiger partial charge in [0.1, 0.15) is 0 Å². The highest BCUT2D eigenvalue weighted by Crippen LogP contribution is 2.09. The van der Waals surface area contributed by atoms with Crippen molar-refractivity contribution in [1.29, 1.82) is 0 Å². The molecular formula is C12H20O2. The highest BCUT2D eigenvalue weighted by atomic mass is 16.1. The molecule has 0 aliphatic heterocycles. The van der Waals surface area contributed by atoms with Gasteiger partial charge < -0.3 is 0 Å². The van der Waals surface area contributed by atoms with Crippen LogP contribution in [0.5, 0.6) is 0 Å². The minimum Gasteiger partial charge on any atom is -0.294 e. The zero-order valence-corrected chi connectivity index (χ0v) is 9.59. The molecule has 0 N–H and O–H groups in total. The minimum absolute atomic E-state index is 0.00644. The van der Waals surface area contributed by atoms with Crippen LogP contribution < -0.4 is 0 Å². The first-order chi connectivity index (χ1) is 6.49. The van der Waals surface area contributed by atoms with Crippen LogP contribution in [0.1, 0.15) is 47.0 Å². The molecule has 0 aliphatic carbocycles. The second-order valence-corrected chi connectivity index (χ2v) is 3.91. The number of rotatable bonds is 6. The Kier molecular flexibility index (Phi) is 6.09. The van der Waals surface area contributed by atoms with E-state index in [2.05, 4.69) is 0 Å². The second kappa shape index (κ2) is 6.52. The number of hydrogen-bond acceptors (Lipinski definition) is 2. The average Bonchev–Trinajstić information content (AvgIpc) is 2.09. The third-order valence-corrected chi connectivity index (χ3v) is 1.94. The van der Waals surface area contributed by atoms with E-state index < -0.39 is 0 Å². The predicted molar refractivity (Wildman–Crippen MR) is 58.1 cm³/mol. The summed E-state index contributed by atoms with van der Waals surface area (Å²) in [4.78, 5) is 22.8. The molecular weight excluding hydrogens is 176 g/mol. The van der Waals surface area contributed by atoms with Crippen molar-refractivity contribution in [2.75, 3.05) is 0 Å². The average molecular weight is 196 g/mol. The lowest BCUT2D eigenvalue weighted by atomic mass is 9.99. The largest absolute Gasteiger partial charge is 0.294 e. The molecule has 0 unspecified atom stereocenters. The minimum atomic E-state index is -0.111. The standard InChI is InChI=1S/C12H20O2/c1-5-6-7-12(14)11(10(4)13)8-9(2)3/h8-9H,5-7H2,1-4H3/b11-8+. The summed E-state index contributed by atoms with van der Waals surface area (Å²) in [6.45, 7) is 7.43. The van der Waals surface area contributed by atoms with Crippen molar-refractivity contribution in [3.05, 3.63) is 11.6 Å². The number of Topliss-reactive ketones (excluding diaryl/α,β-unsaturated/α-hetero) is 2. The molecule has 0 aliphatic rings. The molecule has 0 bridgehead atoms. The first kappa shape index (κ1) is 13.1. The van der Waals surface area contributed by atoms with Gasteiger partial charge in [-0.25, -0.2) is 0 Å². The normalized spacial score (nSPS) is 11.9. The lowest BCUT2D eigenvalue weighted by Crippen LogP contribution is -2.11. The summed E-state index contributed by atoms with van der Waals surface area (Å²) in [5, 5.41) is 0. The summed E-state index contributed by atoms with van der Waals surface area (Å²) in [5.74, 6) is 0.132. The number of hydrogen-bond donors (Lipinski definition) is 0. The van der Waals surface area contributed by atoms with E-state index in [0.29, 0.717) is 12.0 Å². The van der Waals surface area contributed by atoms with E-state index in [4.69, 9.17) is 0 Å². The summed E-state index contributed by atoms with van der Waals surface area (Å²) in [7, 11) is 0. The molecule has 0 aromatic carbocycles. The first-order valence-corrected chi connectivity index (χ1v) is 5.25. The Hall–Kier alpha value is -0.920. The topological polar surface area (TPSA) is 34.1 Å². The third-order valence-electron chi connectivity index (χ3n) is 1.94. The maximum atomic E-state index is 11.6. The fourth-order valence-corrected chi connectivity index (χ4v) is 1.21. The monoisotopic (exact) mass is 196 g/mol. The fourth-order valence-electron chi connectivity index (χ4n) is 1.21. The molecule has 0 aromatic rings. The SMILES string of the molecule is CCCCC(=O)/C(=C/C(C)C)C(C)=O. The Balaban J connectivity index is 4.51. The fraction of sp³-hybridized carbons (Fsp3) is 0.667. The molecule has 0 atom stereocenters. The summed E-state index contributed by atoms with van der Waals surface area (Å²) in [6.07, 6.45) is 4.11. The molecule has 0 aromatic heterocycles. The van der Waals surface area contributed by atoms with E-state index in [1.807, 2.05) is 20.8 Å². The van der Waals surface area contributed by atoms with Crippen molar-refractivity contribution >= 4 is 11.6 Å². The van der Waals surface area contributed by atoms with Gasteiger partial charge in [0.05, 0.1) is 5.57 Å². The Bertz CT molecular complexity index is 237. The number of carbonyl (C=O) groups is 2. The van der Waals surface area contributed by atoms with Gasteiger partial charge in [-0.05, 0) is 19.3 Å². The van der Waals surface area contributed by atoms with Crippen molar-refractivity contribution < 1.29 is 9.59 Å². The van der Waals surface area contributed by atoms with Gasteiger partial charge in [0, 0.05) is 6.42 Å². The van der Waals surface area contributed by atoms with Gasteiger partial charge in [-0.15, -0.1) is 0 Å². The van der Waals surface area contributed by atoms with Crippen molar-refractivity contribution in [2.45, 2.75) is 47.0 Å². The second-order valence-electron chi connectivity index (χ2n) is 3.91. The Labute approximate surface area is 86.4 Å². The van der Waals surface area contributed by atoms with Crippen LogP contribution in [0.25, 0.3) is 0 Å². The van der Waals surface area contributed by atoms with Crippen LogP contribution in [-0.2, 0) is 9.59 Å². The molecule has 0 fully saturated rings. The Morgan fingerprint density at radius 3 is 2.21 bits per heavy atom. The number of ketones is 2. The zero-order chi connectivity index (χ0) is 11.1. The molecule has 0 saturated carbocycles. The number of allylic oxidation sites excluding steroid dienone is 2. The van der Waals surface area contributed by atoms with Crippen molar-refractivity contribution in [2.24, 2.45) is 5.92 Å². The van der Waals surface area contributed by atoms with Gasteiger partial charge in [-0.1, -0.05) is 33.3 Å². The number of unbranched alkanes of at least 4 members (excludes halogenated alkanes) is 1. The summed E-state index contributed by atoms with van der Waals surface area (Å²) in [6, 6.07) is 0. The van der Waals surface area contributed by atoms with Gasteiger partial charge in [0.25, 0.3) is 0 Å². The molecule has 14 heavy (non-hydrogen) atoms. The highest BCUT2D eigenvalue weighted by Gasteiger charge is 2.13. The highest BCUT2D eigenvalue weighted by molar-refractivity contribution is 6.19. The molecule has 0 spiro atoms. The van der Waals surface area contributed by atoms with Crippen LogP contribution in [0, 0.1) is 5.92 Å². The predicted octanol–water partition coefficient (Wildman–Crippen LogP) is 2.92. The third kappa shape index (κ3) is 4.95. The van der Waals surface area contributed by atoms with Crippen LogP contribution in [0.4, 0.5) is 0 Å². The smallest absolute Gasteiger partial charge is 0.166 e. The van der Waals surface area contributed by atoms with E-state index in [1.54, 1.807) is 6.08 Å². The molecule has 2 heteroatoms. The molecule has 80 valence electrons. The van der Waals surface area contributed by atoms with Crippen LogP contribution >= 0.6 is 0 Å². The molecule has 2 nitrogen and oxygen atoms in total. The van der Waals surface area contributed by atoms with Gasteiger partial charge in [0.15, 0.2) is 11.6 Å². The molecule has 0 radical (unpaired) electrons. The van der Waals surface area contributed by atoms with Crippen LogP contribution in [0.3, 0.4) is 0 Å². The maximum Gasteiger partial charge on any atom is 0.166 e. The van der Waals surface area contributed by atoms with Gasteiger partial charge in [-0.2, -0.15) is 0 Å². The van der Waals surface area contributed by atoms with E-state index in [9.17, 15) is 9.59 Å². The molecule has 0 rings (SSSR count). The molecule has 0 heterocycles. The van der Waals surface area contributed by atoms with E-state index in [1.165, 1.54) is 6.92 Å². The maximum absolute atomic E-state index is 11.6. The molecule has 0 saturated heterocycles. The first-order valence-electron chi connectivity index (χ1n) is 5.25. The lowest BCUT2D eigenvalue weighted by Gasteiger charge is -2.04. The van der Waals surface area contributed by atoms with Crippen LogP contribution in [-0.4, -0.2) is 11.6 Å². The summed E-state index contributed by atoms with van der Waals surface area (Å²) in [5.41, 5.74) is 0.383.